The van der Waals surface area contributed by atoms with Crippen LogP contribution in [0.15, 0.2) is 67.8 Å². The van der Waals surface area contributed by atoms with E-state index in [0.29, 0.717) is 83.0 Å². The van der Waals surface area contributed by atoms with Gasteiger partial charge in [-0.2, -0.15) is 15.0 Å². The first-order chi connectivity index (χ1) is 24.4. The number of nitrogens with zero attached hydrogens (tertiary/aromatic N) is 4. The van der Waals surface area contributed by atoms with Gasteiger partial charge in [-0.1, -0.05) is 0 Å². The normalized spacial score (nSPS) is 12.2. The summed E-state index contributed by atoms with van der Waals surface area (Å²) in [6.07, 6.45) is 3.67. The van der Waals surface area contributed by atoms with Crippen LogP contribution in [0, 0.1) is 0 Å². The minimum absolute atomic E-state index is 0.0735. The molecule has 1 aliphatic heterocycles. The fourth-order valence-corrected chi connectivity index (χ4v) is 5.44. The highest BCUT2D eigenvalue weighted by molar-refractivity contribution is 6.63. The summed E-state index contributed by atoms with van der Waals surface area (Å²) in [5, 5.41) is 2.80. The van der Waals surface area contributed by atoms with Gasteiger partial charge in [0.1, 0.15) is 16.6 Å². The van der Waals surface area contributed by atoms with Crippen molar-refractivity contribution in [3.8, 4) is 0 Å². The van der Waals surface area contributed by atoms with E-state index in [9.17, 15) is 14.4 Å². The van der Waals surface area contributed by atoms with Crippen LogP contribution < -0.4 is 16.0 Å². The van der Waals surface area contributed by atoms with Crippen molar-refractivity contribution in [1.82, 2.24) is 15.0 Å². The fourth-order valence-electron chi connectivity index (χ4n) is 4.52. The van der Waals surface area contributed by atoms with Gasteiger partial charge in [0.05, 0.1) is 0 Å². The maximum Gasteiger partial charge on any atom is 0.293 e. The topological polar surface area (TPSA) is 171 Å². The largest absolute Gasteiger partial charge is 0.427 e. The lowest BCUT2D eigenvalue weighted by molar-refractivity contribution is -0.117. The quantitative estimate of drug-likeness (QED) is 0.0856. The Hall–Kier alpha value is -3.78. The first-order valence-corrected chi connectivity index (χ1v) is 17.9. The minimum Gasteiger partial charge on any atom is -0.427 e. The summed E-state index contributed by atoms with van der Waals surface area (Å²) in [5.41, 5.74) is 11.5. The lowest BCUT2D eigenvalue weighted by Crippen LogP contribution is -2.23. The SMILES string of the molecule is Nc1ccc2nc(Cl)oc2c1.O=C(CCCCl)Nc1ccc2nc(Cl)oc2c1.O=C(Cl)CCCCl.O=C1CCCN1c1ccc2nc(Cl)oc2c1. The van der Waals surface area contributed by atoms with Crippen molar-refractivity contribution >= 4 is 137 Å². The van der Waals surface area contributed by atoms with Crippen molar-refractivity contribution in [3.05, 3.63) is 70.6 Å². The number of carbonyl (C=O) groups excluding carboxylic acids is 3. The molecule has 0 aliphatic carbocycles. The van der Waals surface area contributed by atoms with Crippen LogP contribution in [0.1, 0.15) is 38.5 Å². The highest BCUT2D eigenvalue weighted by atomic mass is 35.5. The molecule has 4 heterocycles. The van der Waals surface area contributed by atoms with Crippen LogP contribution in [0.2, 0.25) is 16.0 Å². The van der Waals surface area contributed by atoms with Gasteiger partial charge in [-0.25, -0.2) is 0 Å². The van der Waals surface area contributed by atoms with E-state index in [4.69, 9.17) is 88.6 Å². The zero-order valence-corrected chi connectivity index (χ0v) is 31.2. The first kappa shape index (κ1) is 40.0. The molecule has 1 aliphatic rings. The molecule has 270 valence electrons. The van der Waals surface area contributed by atoms with Crippen molar-refractivity contribution < 1.29 is 27.6 Å². The second-order valence-corrected chi connectivity index (χ2v) is 12.7. The number of benzene rings is 3. The van der Waals surface area contributed by atoms with E-state index in [-0.39, 0.29) is 33.1 Å². The van der Waals surface area contributed by atoms with Gasteiger partial charge in [0.15, 0.2) is 16.7 Å². The number of hydrogen-bond acceptors (Lipinski definition) is 10. The van der Waals surface area contributed by atoms with Gasteiger partial charge in [-0.15, -0.1) is 23.2 Å². The summed E-state index contributed by atoms with van der Waals surface area (Å²) in [6, 6.07) is 15.9. The maximum absolute atomic E-state index is 11.6. The van der Waals surface area contributed by atoms with Gasteiger partial charge in [0.25, 0.3) is 16.0 Å². The number of nitrogen functional groups attached to an aromatic ring is 1. The molecule has 3 aromatic heterocycles. The lowest BCUT2D eigenvalue weighted by atomic mass is 10.2. The zero-order valence-electron chi connectivity index (χ0n) is 26.6. The Balaban J connectivity index is 0.000000160. The number of hydrogen-bond donors (Lipinski definition) is 2. The molecule has 0 radical (unpaired) electrons. The molecule has 1 fully saturated rings. The second kappa shape index (κ2) is 19.7. The van der Waals surface area contributed by atoms with Crippen LogP contribution in [0.4, 0.5) is 17.1 Å². The predicted octanol–water partition coefficient (Wildman–Crippen LogP) is 9.88. The Morgan fingerprint density at radius 1 is 0.765 bits per heavy atom. The van der Waals surface area contributed by atoms with Gasteiger partial charge in [-0.3, -0.25) is 14.4 Å². The van der Waals surface area contributed by atoms with Gasteiger partial charge < -0.3 is 29.2 Å². The number of nitrogens with two attached hydrogens (primary N) is 1. The molecule has 1 saturated heterocycles. The van der Waals surface area contributed by atoms with E-state index in [1.807, 2.05) is 12.1 Å². The van der Waals surface area contributed by atoms with Crippen LogP contribution in [0.5, 0.6) is 0 Å². The summed E-state index contributed by atoms with van der Waals surface area (Å²) in [7, 11) is 0. The highest BCUT2D eigenvalue weighted by Crippen LogP contribution is 2.27. The molecule has 6 aromatic rings. The summed E-state index contributed by atoms with van der Waals surface area (Å²) < 4.78 is 15.4. The molecule has 3 N–H and O–H groups in total. The number of fused-ring (bicyclic) bond motifs is 3. The monoisotopic (exact) mass is 816 g/mol. The predicted molar refractivity (Wildman–Crippen MR) is 202 cm³/mol. The van der Waals surface area contributed by atoms with Crippen LogP contribution in [0.3, 0.4) is 0 Å². The third-order valence-corrected chi connectivity index (χ3v) is 8.02. The zero-order chi connectivity index (χ0) is 36.9. The molecule has 0 spiro atoms. The molecule has 0 bridgehead atoms. The molecule has 51 heavy (non-hydrogen) atoms. The number of rotatable bonds is 8. The van der Waals surface area contributed by atoms with Crippen molar-refractivity contribution in [2.45, 2.75) is 38.5 Å². The van der Waals surface area contributed by atoms with Crippen LogP contribution in [0.25, 0.3) is 33.3 Å². The summed E-state index contributed by atoms with van der Waals surface area (Å²) >= 11 is 32.5. The summed E-state index contributed by atoms with van der Waals surface area (Å²) in [6.45, 7) is 0.770. The Morgan fingerprint density at radius 2 is 1.29 bits per heavy atom. The lowest BCUT2D eigenvalue weighted by Gasteiger charge is -2.14. The Kier molecular flexibility index (Phi) is 15.5. The van der Waals surface area contributed by atoms with E-state index in [2.05, 4.69) is 20.3 Å². The average molecular weight is 819 g/mol. The molecular weight excluding hydrogens is 789 g/mol. The molecule has 12 nitrogen and oxygen atoms in total. The Bertz CT molecular complexity index is 2100. The number of alkyl halides is 2. The van der Waals surface area contributed by atoms with Crippen molar-refractivity contribution in [2.75, 3.05) is 34.3 Å². The fraction of sp³-hybridized carbons (Fsp3) is 0.273. The third kappa shape index (κ3) is 12.4. The second-order valence-electron chi connectivity index (χ2n) is 10.6. The molecule has 18 heteroatoms. The van der Waals surface area contributed by atoms with Crippen LogP contribution in [-0.4, -0.2) is 50.3 Å². The van der Waals surface area contributed by atoms with Crippen molar-refractivity contribution in [3.63, 3.8) is 0 Å². The van der Waals surface area contributed by atoms with Crippen molar-refractivity contribution in [2.24, 2.45) is 0 Å². The average Bonchev–Trinajstić information content (AvgIpc) is 3.87. The number of aromatic nitrogens is 3. The van der Waals surface area contributed by atoms with Gasteiger partial charge in [0.2, 0.25) is 17.1 Å². The molecule has 7 rings (SSSR count). The maximum atomic E-state index is 11.6. The van der Waals surface area contributed by atoms with Gasteiger partial charge in [-0.05, 0) is 102 Å². The molecule has 0 saturated carbocycles. The number of nitrogens with one attached hydrogen (secondary N) is 1. The Morgan fingerprint density at radius 3 is 1.82 bits per heavy atom. The number of carbonyl (C=O) groups is 3. The standard InChI is InChI=1S/C11H10Cl2N2O2.C11H9ClN2O2.C7H5ClN2O.C4H6Cl2O/c12-5-1-2-10(16)14-7-3-4-8-9(6-7)17-11(13)15-8;12-11-13-8-4-3-7(6-9(8)16-11)14-5-1-2-10(14)15;8-7-10-5-2-1-4(9)3-6(5)11-7;5-3-1-2-4(6)7/h3-4,6H,1-2,5H2,(H,14,16);3-4,6H,1-2,5H2;1-3H,9H2;1-3H2. The number of anilines is 3. The van der Waals surface area contributed by atoms with E-state index in [1.54, 1.807) is 47.4 Å². The van der Waals surface area contributed by atoms with Crippen LogP contribution >= 0.6 is 69.6 Å². The first-order valence-electron chi connectivity index (χ1n) is 15.3. The number of oxazole rings is 3. The molecule has 3 aromatic carbocycles. The van der Waals surface area contributed by atoms with Gasteiger partial charge >= 0.3 is 0 Å². The third-order valence-electron chi connectivity index (χ3n) is 6.81. The summed E-state index contributed by atoms with van der Waals surface area (Å²) in [5.74, 6) is 1.07. The number of amides is 2. The molecule has 2 amide bonds. The minimum atomic E-state index is -0.305. The van der Waals surface area contributed by atoms with Crippen molar-refractivity contribution in [1.29, 1.82) is 0 Å². The van der Waals surface area contributed by atoms with Gasteiger partial charge in [0, 0.05) is 72.8 Å². The smallest absolute Gasteiger partial charge is 0.293 e. The molecule has 0 unspecified atom stereocenters. The highest BCUT2D eigenvalue weighted by Gasteiger charge is 2.22. The van der Waals surface area contributed by atoms with E-state index < -0.39 is 0 Å². The van der Waals surface area contributed by atoms with E-state index in [1.165, 1.54) is 0 Å². The number of halogens is 6. The summed E-state index contributed by atoms with van der Waals surface area (Å²) in [4.78, 5) is 46.6. The molecular formula is C33H30Cl6N6O6. The van der Waals surface area contributed by atoms with Crippen LogP contribution in [-0.2, 0) is 14.4 Å². The molecule has 0 atom stereocenters. The van der Waals surface area contributed by atoms with E-state index >= 15 is 0 Å². The Labute approximate surface area is 321 Å². The van der Waals surface area contributed by atoms with E-state index in [0.717, 1.165) is 24.2 Å².